The number of carbonyl (C=O) groups is 1. The number of benzene rings is 3. The van der Waals surface area contributed by atoms with Crippen molar-refractivity contribution in [1.29, 1.82) is 0 Å². The third kappa shape index (κ3) is 4.15. The normalized spacial score (nSPS) is 12.7. The number of hydrogen-bond acceptors (Lipinski definition) is 4. The van der Waals surface area contributed by atoms with Gasteiger partial charge in [0.1, 0.15) is 5.82 Å². The lowest BCUT2D eigenvalue weighted by molar-refractivity contribution is 0.0785. The Morgan fingerprint density at radius 3 is 2.55 bits per heavy atom. The van der Waals surface area contributed by atoms with Gasteiger partial charge in [0.2, 0.25) is 5.91 Å². The fourth-order valence-corrected chi connectivity index (χ4v) is 4.71. The van der Waals surface area contributed by atoms with Gasteiger partial charge in [0.15, 0.2) is 0 Å². The Kier molecular flexibility index (Phi) is 5.38. The van der Waals surface area contributed by atoms with Crippen LogP contribution in [0.2, 0.25) is 0 Å². The highest BCUT2D eigenvalue weighted by atomic mass is 32.2. The van der Waals surface area contributed by atoms with Gasteiger partial charge in [0, 0.05) is 22.2 Å². The van der Waals surface area contributed by atoms with Crippen molar-refractivity contribution in [2.24, 2.45) is 5.73 Å². The zero-order valence-electron chi connectivity index (χ0n) is 18.1. The summed E-state index contributed by atoms with van der Waals surface area (Å²) in [4.78, 5) is 12.1. The van der Waals surface area contributed by atoms with Crippen LogP contribution in [0.5, 0.6) is 0 Å². The Morgan fingerprint density at radius 2 is 1.91 bits per heavy atom. The summed E-state index contributed by atoms with van der Waals surface area (Å²) in [5.41, 5.74) is 8.88. The zero-order chi connectivity index (χ0) is 24.1. The van der Waals surface area contributed by atoms with Gasteiger partial charge in [-0.15, -0.1) is 0 Å². The van der Waals surface area contributed by atoms with Crippen LogP contribution in [0.25, 0.3) is 22.3 Å². The number of anilines is 1. The van der Waals surface area contributed by atoms with Crippen LogP contribution in [0.3, 0.4) is 0 Å². The SMILES string of the molecule is C=CS(=O)(=O)Nc1cccc(-c2c(F)cc(C(N)=O)c3c2-c2ccc(C(C)(C)O)cc2C3)c1. The van der Waals surface area contributed by atoms with Gasteiger partial charge < -0.3 is 10.8 Å². The van der Waals surface area contributed by atoms with Gasteiger partial charge >= 0.3 is 0 Å². The Bertz CT molecular complexity index is 1420. The molecule has 0 saturated carbocycles. The molecule has 0 saturated heterocycles. The van der Waals surface area contributed by atoms with Crippen molar-refractivity contribution in [2.45, 2.75) is 25.9 Å². The molecule has 0 aliphatic heterocycles. The van der Waals surface area contributed by atoms with Crippen molar-refractivity contribution >= 4 is 21.6 Å². The quantitative estimate of drug-likeness (QED) is 0.394. The van der Waals surface area contributed by atoms with Crippen LogP contribution in [0, 0.1) is 5.82 Å². The number of fused-ring (bicyclic) bond motifs is 3. The van der Waals surface area contributed by atoms with Crippen molar-refractivity contribution in [3.8, 4) is 22.3 Å². The van der Waals surface area contributed by atoms with Crippen LogP contribution in [-0.4, -0.2) is 19.4 Å². The van der Waals surface area contributed by atoms with Crippen LogP contribution in [0.1, 0.15) is 40.9 Å². The minimum atomic E-state index is -3.74. The summed E-state index contributed by atoms with van der Waals surface area (Å²) >= 11 is 0. The van der Waals surface area contributed by atoms with Crippen LogP contribution < -0.4 is 10.5 Å². The highest BCUT2D eigenvalue weighted by Crippen LogP contribution is 2.47. The van der Waals surface area contributed by atoms with Crippen LogP contribution in [-0.2, 0) is 22.0 Å². The molecule has 0 unspecified atom stereocenters. The molecule has 4 N–H and O–H groups in total. The summed E-state index contributed by atoms with van der Waals surface area (Å²) in [6, 6.07) is 12.9. The average Bonchev–Trinajstić information content (AvgIpc) is 3.10. The lowest BCUT2D eigenvalue weighted by Gasteiger charge is -2.19. The van der Waals surface area contributed by atoms with Gasteiger partial charge in [-0.2, -0.15) is 0 Å². The fourth-order valence-electron chi connectivity index (χ4n) is 4.17. The number of hydrogen-bond donors (Lipinski definition) is 3. The number of aliphatic hydroxyl groups is 1. The number of halogens is 1. The molecule has 1 amide bonds. The number of amides is 1. The molecule has 0 radical (unpaired) electrons. The maximum Gasteiger partial charge on any atom is 0.254 e. The number of carbonyl (C=O) groups excluding carboxylic acids is 1. The molecule has 3 aromatic rings. The number of sulfonamides is 1. The molecule has 1 aliphatic rings. The standard InChI is InChI=1S/C25H23FN2O4S/c1-4-33(31,32)28-17-7-5-6-14(11-17)22-21(26)13-20(24(27)29)19-12-15-10-16(25(2,3)30)8-9-18(15)23(19)22/h4-11,13,28,30H,1,12H2,2-3H3,(H2,27,29). The number of nitrogens with two attached hydrogens (primary N) is 1. The van der Waals surface area contributed by atoms with Crippen LogP contribution in [0.15, 0.2) is 60.5 Å². The van der Waals surface area contributed by atoms with Crippen LogP contribution in [0.4, 0.5) is 10.1 Å². The molecule has 6 nitrogen and oxygen atoms in total. The zero-order valence-corrected chi connectivity index (χ0v) is 19.0. The second-order valence-corrected chi connectivity index (χ2v) is 10.1. The van der Waals surface area contributed by atoms with E-state index in [0.29, 0.717) is 28.7 Å². The summed E-state index contributed by atoms with van der Waals surface area (Å²) in [6.45, 7) is 6.62. The molecule has 0 atom stereocenters. The predicted molar refractivity (Wildman–Crippen MR) is 127 cm³/mol. The first-order valence-corrected chi connectivity index (χ1v) is 11.7. The van der Waals surface area contributed by atoms with E-state index in [2.05, 4.69) is 11.3 Å². The highest BCUT2D eigenvalue weighted by Gasteiger charge is 2.30. The lowest BCUT2D eigenvalue weighted by Crippen LogP contribution is -2.15. The van der Waals surface area contributed by atoms with E-state index in [4.69, 9.17) is 5.73 Å². The smallest absolute Gasteiger partial charge is 0.254 e. The second kappa shape index (κ2) is 7.83. The summed E-state index contributed by atoms with van der Waals surface area (Å²) in [5.74, 6) is -1.38. The molecule has 0 bridgehead atoms. The molecule has 0 spiro atoms. The third-order valence-electron chi connectivity index (χ3n) is 5.73. The van der Waals surface area contributed by atoms with Gasteiger partial charge in [0.25, 0.3) is 10.0 Å². The van der Waals surface area contributed by atoms with Gasteiger partial charge in [-0.05, 0) is 71.8 Å². The molecule has 33 heavy (non-hydrogen) atoms. The Labute approximate surface area is 191 Å². The van der Waals surface area contributed by atoms with E-state index in [0.717, 1.165) is 22.6 Å². The van der Waals surface area contributed by atoms with Gasteiger partial charge in [0.05, 0.1) is 5.60 Å². The molecular formula is C25H23FN2O4S. The van der Waals surface area contributed by atoms with Crippen molar-refractivity contribution < 1.29 is 22.7 Å². The molecule has 4 rings (SSSR count). The Hall–Kier alpha value is -3.49. The molecule has 8 heteroatoms. The molecule has 0 heterocycles. The molecule has 1 aliphatic carbocycles. The maximum absolute atomic E-state index is 15.4. The third-order valence-corrected chi connectivity index (χ3v) is 6.69. The van der Waals surface area contributed by atoms with E-state index in [9.17, 15) is 18.3 Å². The molecule has 0 fully saturated rings. The second-order valence-electron chi connectivity index (χ2n) is 8.50. The average molecular weight is 467 g/mol. The van der Waals surface area contributed by atoms with Gasteiger partial charge in [-0.25, -0.2) is 12.8 Å². The maximum atomic E-state index is 15.4. The highest BCUT2D eigenvalue weighted by molar-refractivity contribution is 7.95. The number of nitrogens with one attached hydrogen (secondary N) is 1. The first-order valence-electron chi connectivity index (χ1n) is 10.2. The largest absolute Gasteiger partial charge is 0.386 e. The minimum absolute atomic E-state index is 0.0933. The van der Waals surface area contributed by atoms with Gasteiger partial charge in [-0.1, -0.05) is 36.9 Å². The number of primary amides is 1. The summed E-state index contributed by atoms with van der Waals surface area (Å²) in [6.07, 6.45) is 0.350. The predicted octanol–water partition coefficient (Wildman–Crippen LogP) is 4.28. The lowest BCUT2D eigenvalue weighted by atomic mass is 9.89. The van der Waals surface area contributed by atoms with Crippen molar-refractivity contribution in [3.05, 3.63) is 88.6 Å². The fraction of sp³-hybridized carbons (Fsp3) is 0.160. The van der Waals surface area contributed by atoms with Crippen molar-refractivity contribution in [2.75, 3.05) is 4.72 Å². The van der Waals surface area contributed by atoms with Crippen molar-refractivity contribution in [3.63, 3.8) is 0 Å². The van der Waals surface area contributed by atoms with E-state index in [1.54, 1.807) is 44.2 Å². The molecule has 0 aromatic heterocycles. The summed E-state index contributed by atoms with van der Waals surface area (Å²) < 4.78 is 41.6. The molecular weight excluding hydrogens is 443 g/mol. The van der Waals surface area contributed by atoms with E-state index in [-0.39, 0.29) is 16.8 Å². The molecule has 3 aromatic carbocycles. The first-order chi connectivity index (χ1) is 15.4. The molecule has 170 valence electrons. The Balaban J connectivity index is 1.96. The van der Waals surface area contributed by atoms with E-state index in [1.807, 2.05) is 6.07 Å². The van der Waals surface area contributed by atoms with Crippen LogP contribution >= 0.6 is 0 Å². The van der Waals surface area contributed by atoms with E-state index >= 15 is 4.39 Å². The summed E-state index contributed by atoms with van der Waals surface area (Å²) in [5, 5.41) is 11.2. The monoisotopic (exact) mass is 466 g/mol. The van der Waals surface area contributed by atoms with Gasteiger partial charge in [-0.3, -0.25) is 9.52 Å². The van der Waals surface area contributed by atoms with E-state index in [1.165, 1.54) is 6.07 Å². The van der Waals surface area contributed by atoms with Crippen molar-refractivity contribution in [1.82, 2.24) is 0 Å². The summed E-state index contributed by atoms with van der Waals surface area (Å²) in [7, 11) is -3.74. The topological polar surface area (TPSA) is 109 Å². The first kappa shape index (κ1) is 22.7. The minimum Gasteiger partial charge on any atom is -0.386 e. The van der Waals surface area contributed by atoms with E-state index < -0.39 is 27.3 Å². The number of rotatable bonds is 6. The Morgan fingerprint density at radius 1 is 1.18 bits per heavy atom.